The van der Waals surface area contributed by atoms with Crippen molar-refractivity contribution in [2.24, 2.45) is 5.16 Å². The summed E-state index contributed by atoms with van der Waals surface area (Å²) < 4.78 is 36.4. The van der Waals surface area contributed by atoms with Gasteiger partial charge in [-0.2, -0.15) is 8.42 Å². The first-order valence-electron chi connectivity index (χ1n) is 7.00. The highest BCUT2D eigenvalue weighted by molar-refractivity contribution is 7.80. The number of benzene rings is 1. The van der Waals surface area contributed by atoms with Crippen molar-refractivity contribution in [3.63, 3.8) is 0 Å². The predicted octanol–water partition coefficient (Wildman–Crippen LogP) is 2.91. The van der Waals surface area contributed by atoms with Crippen molar-refractivity contribution in [1.82, 2.24) is 9.55 Å². The zero-order valence-electron chi connectivity index (χ0n) is 12.9. The van der Waals surface area contributed by atoms with Gasteiger partial charge in [0.05, 0.1) is 16.3 Å². The molecule has 0 spiro atoms. The fourth-order valence-electron chi connectivity index (χ4n) is 2.77. The molecular weight excluding hydrogens is 342 g/mol. The molecule has 0 amide bonds. The Labute approximate surface area is 138 Å². The summed E-state index contributed by atoms with van der Waals surface area (Å²) >= 11 is 6.26. The molecule has 0 atom stereocenters. The predicted molar refractivity (Wildman–Crippen MR) is 87.2 cm³/mol. The van der Waals surface area contributed by atoms with Gasteiger partial charge in [-0.15, -0.1) is 0 Å². The minimum absolute atomic E-state index is 0.167. The standard InChI is InChI=1S/C14H16ClN3O4S/c1-14(2,3)13-16-11-9(15)5-4-8-10(17-22-23(19,20)21)6-7-18(13)12(8)11/h4-5H,6-7H2,1-3H3,(H,19,20,21)/b17-10+. The van der Waals surface area contributed by atoms with Crippen LogP contribution in [0.1, 0.15) is 38.6 Å². The van der Waals surface area contributed by atoms with Crippen LogP contribution in [0.4, 0.5) is 0 Å². The topological polar surface area (TPSA) is 93.8 Å². The lowest BCUT2D eigenvalue weighted by Gasteiger charge is -2.23. The van der Waals surface area contributed by atoms with E-state index in [4.69, 9.17) is 16.2 Å². The van der Waals surface area contributed by atoms with Crippen LogP contribution in [0.5, 0.6) is 0 Å². The Morgan fingerprint density at radius 2 is 2.09 bits per heavy atom. The van der Waals surface area contributed by atoms with Gasteiger partial charge in [0.1, 0.15) is 11.3 Å². The zero-order valence-corrected chi connectivity index (χ0v) is 14.4. The quantitative estimate of drug-likeness (QED) is 0.658. The Bertz CT molecular complexity index is 926. The number of aryl methyl sites for hydroxylation is 1. The minimum atomic E-state index is -4.63. The second-order valence-electron chi connectivity index (χ2n) is 6.42. The van der Waals surface area contributed by atoms with Crippen molar-refractivity contribution in [1.29, 1.82) is 0 Å². The van der Waals surface area contributed by atoms with E-state index in [1.165, 1.54) is 0 Å². The van der Waals surface area contributed by atoms with Crippen LogP contribution in [0.25, 0.3) is 11.0 Å². The molecule has 0 fully saturated rings. The molecule has 1 aliphatic heterocycles. The molecule has 1 N–H and O–H groups in total. The highest BCUT2D eigenvalue weighted by Crippen LogP contribution is 2.35. The van der Waals surface area contributed by atoms with E-state index >= 15 is 0 Å². The summed E-state index contributed by atoms with van der Waals surface area (Å²) in [5, 5.41) is 4.09. The fraction of sp³-hybridized carbons (Fsp3) is 0.429. The van der Waals surface area contributed by atoms with Crippen molar-refractivity contribution in [2.45, 2.75) is 39.2 Å². The van der Waals surface area contributed by atoms with Crippen LogP contribution in [0.3, 0.4) is 0 Å². The third-order valence-corrected chi connectivity index (χ3v) is 4.21. The summed E-state index contributed by atoms with van der Waals surface area (Å²) in [6.07, 6.45) is 0.457. The van der Waals surface area contributed by atoms with E-state index in [1.54, 1.807) is 12.1 Å². The molecule has 1 aliphatic rings. The Hall–Kier alpha value is -1.64. The summed E-state index contributed by atoms with van der Waals surface area (Å²) in [6, 6.07) is 3.44. The van der Waals surface area contributed by atoms with Crippen molar-refractivity contribution < 1.29 is 17.3 Å². The summed E-state index contributed by atoms with van der Waals surface area (Å²) in [6.45, 7) is 6.77. The molecule has 3 rings (SSSR count). The SMILES string of the molecule is CC(C)(C)c1nc2c(Cl)ccc3c2n1CC/C3=N\OS(=O)(=O)O. The van der Waals surface area contributed by atoms with Crippen LogP contribution < -0.4 is 0 Å². The van der Waals surface area contributed by atoms with Crippen LogP contribution in [0, 0.1) is 0 Å². The van der Waals surface area contributed by atoms with E-state index in [1.807, 2.05) is 0 Å². The van der Waals surface area contributed by atoms with Crippen LogP contribution in [-0.4, -0.2) is 28.2 Å². The molecule has 0 radical (unpaired) electrons. The molecule has 0 saturated heterocycles. The van der Waals surface area contributed by atoms with Crippen LogP contribution in [0.2, 0.25) is 5.02 Å². The molecule has 23 heavy (non-hydrogen) atoms. The Balaban J connectivity index is 2.25. The van der Waals surface area contributed by atoms with Gasteiger partial charge in [-0.1, -0.05) is 37.5 Å². The summed E-state index contributed by atoms with van der Waals surface area (Å²) in [7, 11) is -4.63. The smallest absolute Gasteiger partial charge is 0.327 e. The first-order valence-corrected chi connectivity index (χ1v) is 8.75. The van der Waals surface area contributed by atoms with E-state index < -0.39 is 10.4 Å². The lowest BCUT2D eigenvalue weighted by Crippen LogP contribution is -2.23. The lowest BCUT2D eigenvalue weighted by atomic mass is 9.95. The highest BCUT2D eigenvalue weighted by atomic mass is 35.5. The molecule has 9 heteroatoms. The van der Waals surface area contributed by atoms with Crippen LogP contribution in [0.15, 0.2) is 17.3 Å². The van der Waals surface area contributed by atoms with Gasteiger partial charge in [0.2, 0.25) is 0 Å². The van der Waals surface area contributed by atoms with E-state index in [2.05, 4.69) is 39.8 Å². The molecule has 0 bridgehead atoms. The molecule has 124 valence electrons. The summed E-state index contributed by atoms with van der Waals surface area (Å²) in [4.78, 5) is 4.67. The fourth-order valence-corrected chi connectivity index (χ4v) is 3.15. The Kier molecular flexibility index (Phi) is 3.66. The van der Waals surface area contributed by atoms with E-state index in [0.717, 1.165) is 11.3 Å². The summed E-state index contributed by atoms with van der Waals surface area (Å²) in [5.74, 6) is 0.900. The number of nitrogens with zero attached hydrogens (tertiary/aromatic N) is 3. The van der Waals surface area contributed by atoms with E-state index in [0.29, 0.717) is 34.8 Å². The minimum Gasteiger partial charge on any atom is -0.327 e. The number of oxime groups is 1. The normalized spacial score (nSPS) is 17.0. The van der Waals surface area contributed by atoms with Crippen molar-refractivity contribution in [3.8, 4) is 0 Å². The average molecular weight is 358 g/mol. The van der Waals surface area contributed by atoms with Gasteiger partial charge in [0.25, 0.3) is 0 Å². The zero-order chi connectivity index (χ0) is 17.0. The number of imidazole rings is 1. The second-order valence-corrected chi connectivity index (χ2v) is 7.83. The molecule has 2 aromatic rings. The van der Waals surface area contributed by atoms with Gasteiger partial charge < -0.3 is 4.57 Å². The molecule has 1 aromatic heterocycles. The summed E-state index contributed by atoms with van der Waals surface area (Å²) in [5.41, 5.74) is 2.40. The number of hydrogen-bond acceptors (Lipinski definition) is 5. The van der Waals surface area contributed by atoms with Crippen LogP contribution >= 0.6 is 11.6 Å². The number of aromatic nitrogens is 2. The highest BCUT2D eigenvalue weighted by Gasteiger charge is 2.29. The van der Waals surface area contributed by atoms with Gasteiger partial charge in [-0.25, -0.2) is 9.27 Å². The monoisotopic (exact) mass is 357 g/mol. The van der Waals surface area contributed by atoms with Gasteiger partial charge in [0.15, 0.2) is 0 Å². The average Bonchev–Trinajstić information content (AvgIpc) is 2.81. The first-order chi connectivity index (χ1) is 10.6. The van der Waals surface area contributed by atoms with Crippen LogP contribution in [-0.2, 0) is 26.6 Å². The van der Waals surface area contributed by atoms with Gasteiger partial charge in [-0.05, 0) is 12.1 Å². The molecule has 7 nitrogen and oxygen atoms in total. The number of rotatable bonds is 2. The van der Waals surface area contributed by atoms with E-state index in [9.17, 15) is 8.42 Å². The molecule has 0 unspecified atom stereocenters. The Morgan fingerprint density at radius 1 is 1.39 bits per heavy atom. The lowest BCUT2D eigenvalue weighted by molar-refractivity contribution is 0.281. The van der Waals surface area contributed by atoms with Crippen molar-refractivity contribution in [3.05, 3.63) is 28.5 Å². The maximum atomic E-state index is 10.7. The van der Waals surface area contributed by atoms with E-state index in [-0.39, 0.29) is 5.41 Å². The van der Waals surface area contributed by atoms with Gasteiger partial charge >= 0.3 is 10.4 Å². The molecular formula is C14H16ClN3O4S. The van der Waals surface area contributed by atoms with Crippen molar-refractivity contribution in [2.75, 3.05) is 0 Å². The third kappa shape index (κ3) is 2.93. The maximum Gasteiger partial charge on any atom is 0.466 e. The van der Waals surface area contributed by atoms with Gasteiger partial charge in [0, 0.05) is 23.9 Å². The van der Waals surface area contributed by atoms with Crippen molar-refractivity contribution >= 4 is 38.7 Å². The third-order valence-electron chi connectivity index (χ3n) is 3.64. The maximum absolute atomic E-state index is 10.7. The molecule has 2 heterocycles. The largest absolute Gasteiger partial charge is 0.466 e. The molecule has 0 aliphatic carbocycles. The second kappa shape index (κ2) is 5.19. The number of hydrogen-bond donors (Lipinski definition) is 1. The molecule has 1 aromatic carbocycles. The first kappa shape index (κ1) is 16.2. The number of halogens is 1. The van der Waals surface area contributed by atoms with Gasteiger partial charge in [-0.3, -0.25) is 4.55 Å². The Morgan fingerprint density at radius 3 is 2.70 bits per heavy atom. The molecule has 0 saturated carbocycles.